The van der Waals surface area contributed by atoms with Crippen LogP contribution < -0.4 is 5.32 Å². The molecule has 4 nitrogen and oxygen atoms in total. The van der Waals surface area contributed by atoms with Crippen molar-refractivity contribution in [1.82, 2.24) is 15.1 Å². The van der Waals surface area contributed by atoms with Gasteiger partial charge >= 0.3 is 6.18 Å². The van der Waals surface area contributed by atoms with Crippen LogP contribution in [0.5, 0.6) is 0 Å². The van der Waals surface area contributed by atoms with Gasteiger partial charge in [-0.2, -0.15) is 13.2 Å². The van der Waals surface area contributed by atoms with Crippen molar-refractivity contribution in [1.29, 1.82) is 0 Å². The minimum absolute atomic E-state index is 0.161. The molecule has 0 bridgehead atoms. The van der Waals surface area contributed by atoms with Crippen LogP contribution in [0.3, 0.4) is 0 Å². The van der Waals surface area contributed by atoms with Gasteiger partial charge in [-0.05, 0) is 18.5 Å². The monoisotopic (exact) mass is 341 g/mol. The molecular formula is C17H22F3N3O. The number of rotatable bonds is 3. The second-order valence-corrected chi connectivity index (χ2v) is 6.57. The Bertz CT molecular complexity index is 572. The standard InChI is InChI=1S/C17H22F3N3O/c18-17(19,20)16(15(24)23-10-7-21-8-11-23)6-9-22(13-16)12-14-4-2-1-3-5-14/h1-5,21H,6-13H2. The topological polar surface area (TPSA) is 35.6 Å². The van der Waals surface area contributed by atoms with E-state index in [9.17, 15) is 18.0 Å². The lowest BCUT2D eigenvalue weighted by molar-refractivity contribution is -0.224. The predicted octanol–water partition coefficient (Wildman–Crippen LogP) is 1.87. The number of hydrogen-bond acceptors (Lipinski definition) is 3. The average molecular weight is 341 g/mol. The van der Waals surface area contributed by atoms with Gasteiger partial charge in [0.05, 0.1) is 0 Å². The number of nitrogens with one attached hydrogen (secondary N) is 1. The summed E-state index contributed by atoms with van der Waals surface area (Å²) in [5.41, 5.74) is -1.30. The van der Waals surface area contributed by atoms with Gasteiger partial charge < -0.3 is 10.2 Å². The maximum Gasteiger partial charge on any atom is 0.404 e. The van der Waals surface area contributed by atoms with Gasteiger partial charge in [0.15, 0.2) is 5.41 Å². The van der Waals surface area contributed by atoms with Crippen LogP contribution in [0.4, 0.5) is 13.2 Å². The number of nitrogens with zero attached hydrogens (tertiary/aromatic N) is 2. The zero-order valence-electron chi connectivity index (χ0n) is 13.5. The third-order valence-corrected chi connectivity index (χ3v) is 4.95. The zero-order chi connectivity index (χ0) is 17.2. The van der Waals surface area contributed by atoms with Gasteiger partial charge in [0.2, 0.25) is 5.91 Å². The molecule has 0 saturated carbocycles. The number of carbonyl (C=O) groups excluding carboxylic acids is 1. The van der Waals surface area contributed by atoms with Crippen molar-refractivity contribution in [2.45, 2.75) is 19.1 Å². The maximum atomic E-state index is 13.8. The molecule has 1 aromatic carbocycles. The van der Waals surface area contributed by atoms with Crippen LogP contribution in [0.15, 0.2) is 30.3 Å². The second-order valence-electron chi connectivity index (χ2n) is 6.57. The average Bonchev–Trinajstić information content (AvgIpc) is 3.01. The molecule has 2 heterocycles. The van der Waals surface area contributed by atoms with E-state index in [4.69, 9.17) is 0 Å². The molecule has 0 radical (unpaired) electrons. The molecule has 2 aliphatic rings. The van der Waals surface area contributed by atoms with E-state index in [1.54, 1.807) is 4.90 Å². The summed E-state index contributed by atoms with van der Waals surface area (Å²) in [7, 11) is 0. The summed E-state index contributed by atoms with van der Waals surface area (Å²) in [6.45, 7) is 2.25. The number of benzene rings is 1. The zero-order valence-corrected chi connectivity index (χ0v) is 13.5. The molecule has 0 spiro atoms. The molecule has 132 valence electrons. The van der Waals surface area contributed by atoms with Crippen LogP contribution in [0.2, 0.25) is 0 Å². The highest BCUT2D eigenvalue weighted by Gasteiger charge is 2.63. The van der Waals surface area contributed by atoms with Crippen molar-refractivity contribution >= 4 is 5.91 Å². The predicted molar refractivity (Wildman–Crippen MR) is 84.3 cm³/mol. The molecule has 0 aliphatic carbocycles. The minimum Gasteiger partial charge on any atom is -0.339 e. The van der Waals surface area contributed by atoms with Gasteiger partial charge in [-0.1, -0.05) is 30.3 Å². The summed E-state index contributed by atoms with van der Waals surface area (Å²) < 4.78 is 41.5. The number of amides is 1. The van der Waals surface area contributed by atoms with Gasteiger partial charge in [0.25, 0.3) is 0 Å². The SMILES string of the molecule is O=C(N1CCNCC1)C1(C(F)(F)F)CCN(Cc2ccccc2)C1. The van der Waals surface area contributed by atoms with Gasteiger partial charge in [-0.15, -0.1) is 0 Å². The fraction of sp³-hybridized carbons (Fsp3) is 0.588. The first-order chi connectivity index (χ1) is 11.4. The Morgan fingerprint density at radius 1 is 1.12 bits per heavy atom. The molecule has 2 fully saturated rings. The summed E-state index contributed by atoms with van der Waals surface area (Å²) >= 11 is 0. The minimum atomic E-state index is -4.53. The van der Waals surface area contributed by atoms with Crippen molar-refractivity contribution in [2.24, 2.45) is 5.41 Å². The van der Waals surface area contributed by atoms with E-state index >= 15 is 0 Å². The normalized spacial score (nSPS) is 25.9. The van der Waals surface area contributed by atoms with Crippen LogP contribution >= 0.6 is 0 Å². The number of hydrogen-bond donors (Lipinski definition) is 1. The van der Waals surface area contributed by atoms with Crippen LogP contribution in [-0.4, -0.2) is 61.2 Å². The van der Waals surface area contributed by atoms with Crippen LogP contribution in [0.25, 0.3) is 0 Å². The van der Waals surface area contributed by atoms with Crippen LogP contribution in [0.1, 0.15) is 12.0 Å². The molecule has 3 rings (SSSR count). The third kappa shape index (κ3) is 3.28. The summed E-state index contributed by atoms with van der Waals surface area (Å²) in [6, 6.07) is 9.40. The first-order valence-electron chi connectivity index (χ1n) is 8.25. The van der Waals surface area contributed by atoms with Crippen molar-refractivity contribution in [2.75, 3.05) is 39.3 Å². The number of piperazine rings is 1. The van der Waals surface area contributed by atoms with Gasteiger partial charge in [-0.25, -0.2) is 0 Å². The molecular weight excluding hydrogens is 319 g/mol. The Hall–Kier alpha value is -1.60. The molecule has 2 aliphatic heterocycles. The maximum absolute atomic E-state index is 13.8. The van der Waals surface area contributed by atoms with Crippen LogP contribution in [-0.2, 0) is 11.3 Å². The van der Waals surface area contributed by atoms with E-state index in [1.807, 2.05) is 30.3 Å². The van der Waals surface area contributed by atoms with Gasteiger partial charge in [0, 0.05) is 39.3 Å². The lowest BCUT2D eigenvalue weighted by Crippen LogP contribution is -2.57. The molecule has 1 atom stereocenters. The molecule has 0 aromatic heterocycles. The Balaban J connectivity index is 1.77. The molecule has 1 aromatic rings. The van der Waals surface area contributed by atoms with E-state index in [2.05, 4.69) is 5.32 Å². The number of halogens is 3. The fourth-order valence-electron chi connectivity index (χ4n) is 3.56. The first kappa shape index (κ1) is 17.2. The van der Waals surface area contributed by atoms with Gasteiger partial charge in [-0.3, -0.25) is 9.69 Å². The van der Waals surface area contributed by atoms with Crippen molar-refractivity contribution in [3.05, 3.63) is 35.9 Å². The van der Waals surface area contributed by atoms with E-state index in [0.717, 1.165) is 5.56 Å². The first-order valence-corrected chi connectivity index (χ1v) is 8.25. The fourth-order valence-corrected chi connectivity index (χ4v) is 3.56. The number of carbonyl (C=O) groups is 1. The summed E-state index contributed by atoms with van der Waals surface area (Å²) in [5.74, 6) is -0.757. The lowest BCUT2D eigenvalue weighted by Gasteiger charge is -2.37. The molecule has 1 unspecified atom stereocenters. The second kappa shape index (κ2) is 6.72. The van der Waals surface area contributed by atoms with E-state index < -0.39 is 17.5 Å². The van der Waals surface area contributed by atoms with Crippen molar-refractivity contribution < 1.29 is 18.0 Å². The quantitative estimate of drug-likeness (QED) is 0.912. The Morgan fingerprint density at radius 2 is 1.79 bits per heavy atom. The lowest BCUT2D eigenvalue weighted by atomic mass is 9.84. The summed E-state index contributed by atoms with van der Waals surface area (Å²) in [6.07, 6.45) is -4.69. The Labute approximate surface area is 139 Å². The Kier molecular flexibility index (Phi) is 4.83. The Morgan fingerprint density at radius 3 is 2.42 bits per heavy atom. The molecule has 24 heavy (non-hydrogen) atoms. The van der Waals surface area contributed by atoms with Gasteiger partial charge in [0.1, 0.15) is 0 Å². The van der Waals surface area contributed by atoms with E-state index in [1.165, 1.54) is 4.90 Å². The van der Waals surface area contributed by atoms with Crippen molar-refractivity contribution in [3.63, 3.8) is 0 Å². The summed E-state index contributed by atoms with van der Waals surface area (Å²) in [4.78, 5) is 15.8. The highest BCUT2D eigenvalue weighted by molar-refractivity contribution is 5.84. The summed E-state index contributed by atoms with van der Waals surface area (Å²) in [5, 5.41) is 3.07. The highest BCUT2D eigenvalue weighted by Crippen LogP contribution is 2.47. The number of alkyl halides is 3. The molecule has 1 N–H and O–H groups in total. The smallest absolute Gasteiger partial charge is 0.339 e. The molecule has 2 saturated heterocycles. The van der Waals surface area contributed by atoms with E-state index in [-0.39, 0.29) is 19.5 Å². The molecule has 7 heteroatoms. The van der Waals surface area contributed by atoms with Crippen molar-refractivity contribution in [3.8, 4) is 0 Å². The third-order valence-electron chi connectivity index (χ3n) is 4.95. The highest BCUT2D eigenvalue weighted by atomic mass is 19.4. The van der Waals surface area contributed by atoms with E-state index in [0.29, 0.717) is 32.7 Å². The molecule has 1 amide bonds. The number of likely N-dealkylation sites (tertiary alicyclic amines) is 1. The largest absolute Gasteiger partial charge is 0.404 e. The van der Waals surface area contributed by atoms with Crippen LogP contribution in [0, 0.1) is 5.41 Å².